The Hall–Kier alpha value is -0.820. The van der Waals surface area contributed by atoms with Gasteiger partial charge < -0.3 is 5.73 Å². The molecule has 1 aromatic rings. The van der Waals surface area contributed by atoms with Gasteiger partial charge >= 0.3 is 0 Å². The molecule has 1 heteroatoms. The van der Waals surface area contributed by atoms with Crippen LogP contribution in [0.5, 0.6) is 0 Å². The van der Waals surface area contributed by atoms with Crippen molar-refractivity contribution < 1.29 is 0 Å². The van der Waals surface area contributed by atoms with Crippen molar-refractivity contribution >= 4 is 0 Å². The first-order valence-electron chi connectivity index (χ1n) is 7.20. The van der Waals surface area contributed by atoms with Crippen molar-refractivity contribution in [3.05, 3.63) is 34.9 Å². The van der Waals surface area contributed by atoms with E-state index in [-0.39, 0.29) is 0 Å². The first kappa shape index (κ1) is 13.6. The Bertz CT molecular complexity index is 420. The minimum atomic E-state index is 0.466. The van der Waals surface area contributed by atoms with E-state index in [0.717, 1.165) is 6.54 Å². The predicted molar refractivity (Wildman–Crippen MR) is 78.8 cm³/mol. The summed E-state index contributed by atoms with van der Waals surface area (Å²) in [5, 5.41) is 0. The zero-order valence-electron chi connectivity index (χ0n) is 12.3. The van der Waals surface area contributed by atoms with Crippen LogP contribution >= 0.6 is 0 Å². The van der Waals surface area contributed by atoms with E-state index in [9.17, 15) is 0 Å². The average Bonchev–Trinajstić information content (AvgIpc) is 2.28. The summed E-state index contributed by atoms with van der Waals surface area (Å²) in [6.45, 7) is 10.0. The molecule has 1 nitrogen and oxygen atoms in total. The lowest BCUT2D eigenvalue weighted by atomic mass is 9.64. The molecule has 0 saturated heterocycles. The second-order valence-electron chi connectivity index (χ2n) is 6.87. The molecule has 18 heavy (non-hydrogen) atoms. The van der Waals surface area contributed by atoms with Crippen LogP contribution < -0.4 is 5.73 Å². The van der Waals surface area contributed by atoms with Crippen LogP contribution in [-0.4, -0.2) is 6.54 Å². The first-order chi connectivity index (χ1) is 8.43. The van der Waals surface area contributed by atoms with Crippen molar-refractivity contribution in [2.75, 3.05) is 6.54 Å². The van der Waals surface area contributed by atoms with Crippen LogP contribution in [0, 0.1) is 25.2 Å². The van der Waals surface area contributed by atoms with Gasteiger partial charge in [0.2, 0.25) is 0 Å². The number of benzene rings is 1. The molecule has 2 N–H and O–H groups in total. The Labute approximate surface area is 112 Å². The van der Waals surface area contributed by atoms with Gasteiger partial charge in [-0.15, -0.1) is 0 Å². The lowest BCUT2D eigenvalue weighted by molar-refractivity contribution is 0.165. The third kappa shape index (κ3) is 2.77. The lowest BCUT2D eigenvalue weighted by Crippen LogP contribution is -2.33. The van der Waals surface area contributed by atoms with Crippen LogP contribution in [0.3, 0.4) is 0 Å². The maximum absolute atomic E-state index is 6.00. The van der Waals surface area contributed by atoms with Crippen LogP contribution in [0.1, 0.15) is 55.7 Å². The third-order valence-electron chi connectivity index (χ3n) is 4.66. The van der Waals surface area contributed by atoms with Gasteiger partial charge in [0.1, 0.15) is 0 Å². The van der Waals surface area contributed by atoms with Crippen LogP contribution in [0.15, 0.2) is 18.2 Å². The normalized spacial score (nSPS) is 27.2. The average molecular weight is 245 g/mol. The monoisotopic (exact) mass is 245 g/mol. The minimum absolute atomic E-state index is 0.466. The van der Waals surface area contributed by atoms with Crippen molar-refractivity contribution in [3.8, 4) is 0 Å². The summed E-state index contributed by atoms with van der Waals surface area (Å²) in [4.78, 5) is 0. The van der Waals surface area contributed by atoms with Crippen LogP contribution in [0.4, 0.5) is 0 Å². The van der Waals surface area contributed by atoms with Crippen LogP contribution in [0.25, 0.3) is 0 Å². The van der Waals surface area contributed by atoms with Crippen LogP contribution in [0.2, 0.25) is 0 Å². The van der Waals surface area contributed by atoms with Gasteiger partial charge in [0, 0.05) is 0 Å². The predicted octanol–water partition coefficient (Wildman–Crippen LogP) is 4.17. The highest BCUT2D eigenvalue weighted by atomic mass is 14.6. The van der Waals surface area contributed by atoms with Crippen molar-refractivity contribution in [3.63, 3.8) is 0 Å². The molecular weight excluding hydrogens is 218 g/mol. The van der Waals surface area contributed by atoms with Crippen molar-refractivity contribution in [2.45, 2.75) is 52.9 Å². The second kappa shape index (κ2) is 5.05. The number of hydrogen-bond acceptors (Lipinski definition) is 1. The molecule has 100 valence electrons. The molecular formula is C17H27N. The molecule has 0 aromatic heterocycles. The van der Waals surface area contributed by atoms with Gasteiger partial charge in [0.25, 0.3) is 0 Å². The number of aryl methyl sites for hydroxylation is 2. The Morgan fingerprint density at radius 2 is 2.00 bits per heavy atom. The molecule has 0 spiro atoms. The van der Waals surface area contributed by atoms with Crippen LogP contribution in [-0.2, 0) is 0 Å². The Kier molecular flexibility index (Phi) is 3.82. The van der Waals surface area contributed by atoms with Gasteiger partial charge in [0.05, 0.1) is 0 Å². The van der Waals surface area contributed by atoms with Gasteiger partial charge in [0.15, 0.2) is 0 Å². The summed E-state index contributed by atoms with van der Waals surface area (Å²) in [5.41, 5.74) is 10.8. The van der Waals surface area contributed by atoms with Crippen molar-refractivity contribution in [1.82, 2.24) is 0 Å². The quantitative estimate of drug-likeness (QED) is 0.831. The fourth-order valence-electron chi connectivity index (χ4n) is 3.53. The smallest absolute Gasteiger partial charge is 0.00430 e. The summed E-state index contributed by atoms with van der Waals surface area (Å²) in [5.74, 6) is 1.32. The summed E-state index contributed by atoms with van der Waals surface area (Å²) < 4.78 is 0. The molecule has 0 bridgehead atoms. The topological polar surface area (TPSA) is 26.0 Å². The molecule has 2 atom stereocenters. The van der Waals surface area contributed by atoms with Gasteiger partial charge in [-0.3, -0.25) is 0 Å². The highest BCUT2D eigenvalue weighted by molar-refractivity contribution is 5.34. The fraction of sp³-hybridized carbons (Fsp3) is 0.647. The van der Waals surface area contributed by atoms with E-state index in [1.165, 1.54) is 36.0 Å². The van der Waals surface area contributed by atoms with E-state index in [0.29, 0.717) is 17.3 Å². The SMILES string of the molecule is Cc1ccc(C2CC(C)(C)CCC2CN)c(C)c1. The molecule has 1 fully saturated rings. The summed E-state index contributed by atoms with van der Waals surface area (Å²) >= 11 is 0. The zero-order valence-corrected chi connectivity index (χ0v) is 12.3. The highest BCUT2D eigenvalue weighted by Gasteiger charge is 2.35. The largest absolute Gasteiger partial charge is 0.330 e. The third-order valence-corrected chi connectivity index (χ3v) is 4.66. The van der Waals surface area contributed by atoms with Gasteiger partial charge in [-0.1, -0.05) is 37.6 Å². The second-order valence-corrected chi connectivity index (χ2v) is 6.87. The zero-order chi connectivity index (χ0) is 13.3. The molecule has 0 amide bonds. The molecule has 0 heterocycles. The van der Waals surface area contributed by atoms with E-state index in [1.54, 1.807) is 0 Å². The molecule has 0 aliphatic heterocycles. The molecule has 0 radical (unpaired) electrons. The number of hydrogen-bond donors (Lipinski definition) is 1. The van der Waals surface area contributed by atoms with Crippen molar-refractivity contribution in [2.24, 2.45) is 17.1 Å². The molecule has 1 aliphatic rings. The molecule has 2 unspecified atom stereocenters. The summed E-state index contributed by atoms with van der Waals surface area (Å²) in [6, 6.07) is 6.89. The highest BCUT2D eigenvalue weighted by Crippen LogP contribution is 2.47. The maximum atomic E-state index is 6.00. The molecule has 1 aromatic carbocycles. The number of nitrogens with two attached hydrogens (primary N) is 1. The minimum Gasteiger partial charge on any atom is -0.330 e. The standard InChI is InChI=1S/C17H27N/c1-12-5-6-15(13(2)9-12)16-10-17(3,4)8-7-14(16)11-18/h5-6,9,14,16H,7-8,10-11,18H2,1-4H3. The lowest BCUT2D eigenvalue weighted by Gasteiger charge is -2.41. The fourth-order valence-corrected chi connectivity index (χ4v) is 3.53. The Morgan fingerprint density at radius 1 is 1.28 bits per heavy atom. The molecule has 2 rings (SSSR count). The summed E-state index contributed by atoms with van der Waals surface area (Å²) in [6.07, 6.45) is 3.87. The van der Waals surface area contributed by atoms with E-state index < -0.39 is 0 Å². The van der Waals surface area contributed by atoms with E-state index in [4.69, 9.17) is 5.73 Å². The van der Waals surface area contributed by atoms with E-state index >= 15 is 0 Å². The van der Waals surface area contributed by atoms with E-state index in [2.05, 4.69) is 45.9 Å². The van der Waals surface area contributed by atoms with Gasteiger partial charge in [-0.2, -0.15) is 0 Å². The van der Waals surface area contributed by atoms with Gasteiger partial charge in [-0.05, 0) is 68.0 Å². The Balaban J connectivity index is 2.32. The van der Waals surface area contributed by atoms with Crippen molar-refractivity contribution in [1.29, 1.82) is 0 Å². The first-order valence-corrected chi connectivity index (χ1v) is 7.20. The molecule has 1 aliphatic carbocycles. The summed E-state index contributed by atoms with van der Waals surface area (Å²) in [7, 11) is 0. The molecule has 1 saturated carbocycles. The van der Waals surface area contributed by atoms with E-state index in [1.807, 2.05) is 0 Å². The Morgan fingerprint density at radius 3 is 2.61 bits per heavy atom. The maximum Gasteiger partial charge on any atom is -0.00430 e. The number of rotatable bonds is 2. The van der Waals surface area contributed by atoms with Gasteiger partial charge in [-0.25, -0.2) is 0 Å².